The van der Waals surface area contributed by atoms with Crippen LogP contribution in [0.1, 0.15) is 39.2 Å². The van der Waals surface area contributed by atoms with Crippen LogP contribution in [0.15, 0.2) is 30.3 Å². The second kappa shape index (κ2) is 10.6. The number of nitrogens with zero attached hydrogens (tertiary/aromatic N) is 1. The van der Waals surface area contributed by atoms with Gasteiger partial charge in [-0.1, -0.05) is 57.0 Å². The molecule has 1 aromatic carbocycles. The van der Waals surface area contributed by atoms with Crippen molar-refractivity contribution in [1.29, 1.82) is 0 Å². The summed E-state index contributed by atoms with van der Waals surface area (Å²) in [6.07, 6.45) is 3.24. The van der Waals surface area contributed by atoms with Crippen molar-refractivity contribution in [2.24, 2.45) is 5.73 Å². The minimum Gasteiger partial charge on any atom is -0.345 e. The maximum Gasteiger partial charge on any atom is 0.239 e. The van der Waals surface area contributed by atoms with Gasteiger partial charge in [0.15, 0.2) is 0 Å². The fourth-order valence-electron chi connectivity index (χ4n) is 1.39. The predicted octanol–water partition coefficient (Wildman–Crippen LogP) is 2.84. The van der Waals surface area contributed by atoms with E-state index < -0.39 is 6.04 Å². The molecule has 0 aromatic heterocycles. The van der Waals surface area contributed by atoms with Crippen LogP contribution in [-0.2, 0) is 11.2 Å². The lowest BCUT2D eigenvalue weighted by Gasteiger charge is -2.19. The standard InChI is InChI=1S/C12H18N2O.C4H10/c1-3-14(2)12(15)11(13)9-10-7-5-4-6-8-10;1-3-4-2/h4-8,11H,3,9,13H2,1-2H3;3-4H2,1-2H3/t11-;/m0./s1. The number of hydrogen-bond donors (Lipinski definition) is 1. The van der Waals surface area contributed by atoms with Crippen LogP contribution in [0.2, 0.25) is 0 Å². The molecule has 1 amide bonds. The van der Waals surface area contributed by atoms with Crippen molar-refractivity contribution in [3.05, 3.63) is 35.9 Å². The Kier molecular flexibility index (Phi) is 9.81. The fraction of sp³-hybridized carbons (Fsp3) is 0.562. The molecule has 0 spiro atoms. The van der Waals surface area contributed by atoms with E-state index in [-0.39, 0.29) is 5.91 Å². The van der Waals surface area contributed by atoms with Crippen molar-refractivity contribution < 1.29 is 4.79 Å². The Balaban J connectivity index is 0.000000711. The number of hydrogen-bond acceptors (Lipinski definition) is 2. The number of amides is 1. The topological polar surface area (TPSA) is 46.3 Å². The third kappa shape index (κ3) is 7.62. The highest BCUT2D eigenvalue weighted by atomic mass is 16.2. The molecule has 0 unspecified atom stereocenters. The first-order valence-electron chi connectivity index (χ1n) is 7.11. The molecule has 0 heterocycles. The Morgan fingerprint density at radius 3 is 2.11 bits per heavy atom. The van der Waals surface area contributed by atoms with Gasteiger partial charge < -0.3 is 10.6 Å². The summed E-state index contributed by atoms with van der Waals surface area (Å²) in [5, 5.41) is 0. The number of nitrogens with two attached hydrogens (primary N) is 1. The van der Waals surface area contributed by atoms with Gasteiger partial charge >= 0.3 is 0 Å². The molecule has 2 N–H and O–H groups in total. The van der Waals surface area contributed by atoms with Crippen LogP contribution in [0.3, 0.4) is 0 Å². The van der Waals surface area contributed by atoms with E-state index in [0.29, 0.717) is 13.0 Å². The van der Waals surface area contributed by atoms with E-state index in [1.807, 2.05) is 37.3 Å². The van der Waals surface area contributed by atoms with Gasteiger partial charge in [-0.05, 0) is 18.9 Å². The molecule has 0 saturated heterocycles. The summed E-state index contributed by atoms with van der Waals surface area (Å²) >= 11 is 0. The summed E-state index contributed by atoms with van der Waals surface area (Å²) in [4.78, 5) is 13.3. The summed E-state index contributed by atoms with van der Waals surface area (Å²) in [5.41, 5.74) is 6.93. The SMILES string of the molecule is CCCC.CCN(C)C(=O)[C@@H](N)Cc1ccccc1. The fourth-order valence-corrected chi connectivity index (χ4v) is 1.39. The predicted molar refractivity (Wildman–Crippen MR) is 82.0 cm³/mol. The molecule has 1 rings (SSSR count). The second-order valence-electron chi connectivity index (χ2n) is 4.65. The molecular formula is C16H28N2O. The van der Waals surface area contributed by atoms with Crippen LogP contribution in [0.4, 0.5) is 0 Å². The first kappa shape index (κ1) is 17.6. The highest BCUT2D eigenvalue weighted by Gasteiger charge is 2.16. The van der Waals surface area contributed by atoms with E-state index in [4.69, 9.17) is 5.73 Å². The van der Waals surface area contributed by atoms with Crippen molar-refractivity contribution in [2.45, 2.75) is 46.1 Å². The Hall–Kier alpha value is -1.35. The molecule has 108 valence electrons. The Morgan fingerprint density at radius 2 is 1.68 bits per heavy atom. The van der Waals surface area contributed by atoms with Crippen LogP contribution >= 0.6 is 0 Å². The summed E-state index contributed by atoms with van der Waals surface area (Å²) in [6.45, 7) is 6.99. The smallest absolute Gasteiger partial charge is 0.239 e. The first-order chi connectivity index (χ1) is 9.06. The monoisotopic (exact) mass is 264 g/mol. The van der Waals surface area contributed by atoms with E-state index in [0.717, 1.165) is 5.56 Å². The second-order valence-corrected chi connectivity index (χ2v) is 4.65. The number of likely N-dealkylation sites (N-methyl/N-ethyl adjacent to an activating group) is 1. The number of unbranched alkanes of at least 4 members (excludes halogenated alkanes) is 1. The Labute approximate surface area is 117 Å². The van der Waals surface area contributed by atoms with Gasteiger partial charge in [0.25, 0.3) is 0 Å². The molecule has 1 atom stereocenters. The highest BCUT2D eigenvalue weighted by Crippen LogP contribution is 2.03. The van der Waals surface area contributed by atoms with Gasteiger partial charge in [-0.15, -0.1) is 0 Å². The normalized spacial score (nSPS) is 11.2. The van der Waals surface area contributed by atoms with Crippen LogP contribution in [0, 0.1) is 0 Å². The van der Waals surface area contributed by atoms with Crippen LogP contribution < -0.4 is 5.73 Å². The lowest BCUT2D eigenvalue weighted by atomic mass is 10.1. The van der Waals surface area contributed by atoms with Gasteiger partial charge in [0.2, 0.25) is 5.91 Å². The van der Waals surface area contributed by atoms with Gasteiger partial charge in [0.1, 0.15) is 0 Å². The summed E-state index contributed by atoms with van der Waals surface area (Å²) in [7, 11) is 1.77. The zero-order valence-corrected chi connectivity index (χ0v) is 12.7. The van der Waals surface area contributed by atoms with E-state index in [2.05, 4.69) is 13.8 Å². The van der Waals surface area contributed by atoms with Gasteiger partial charge in [-0.25, -0.2) is 0 Å². The summed E-state index contributed by atoms with van der Waals surface area (Å²) in [5.74, 6) is 0.00125. The van der Waals surface area contributed by atoms with E-state index in [9.17, 15) is 4.79 Å². The molecule has 0 saturated carbocycles. The minimum absolute atomic E-state index is 0.00125. The Morgan fingerprint density at radius 1 is 1.16 bits per heavy atom. The maximum absolute atomic E-state index is 11.7. The van der Waals surface area contributed by atoms with Crippen molar-refractivity contribution in [2.75, 3.05) is 13.6 Å². The quantitative estimate of drug-likeness (QED) is 0.889. The molecule has 1 aromatic rings. The molecule has 0 aliphatic rings. The zero-order valence-electron chi connectivity index (χ0n) is 12.7. The number of benzene rings is 1. The maximum atomic E-state index is 11.7. The van der Waals surface area contributed by atoms with Gasteiger partial charge in [-0.3, -0.25) is 4.79 Å². The van der Waals surface area contributed by atoms with E-state index in [1.165, 1.54) is 12.8 Å². The van der Waals surface area contributed by atoms with Gasteiger partial charge in [-0.2, -0.15) is 0 Å². The average molecular weight is 264 g/mol. The van der Waals surface area contributed by atoms with Gasteiger partial charge in [0.05, 0.1) is 6.04 Å². The Bertz CT molecular complexity index is 336. The molecule has 19 heavy (non-hydrogen) atoms. The number of carbonyl (C=O) groups is 1. The summed E-state index contributed by atoms with van der Waals surface area (Å²) < 4.78 is 0. The minimum atomic E-state index is -0.433. The van der Waals surface area contributed by atoms with Crippen LogP contribution in [-0.4, -0.2) is 30.4 Å². The third-order valence-electron chi connectivity index (χ3n) is 2.97. The van der Waals surface area contributed by atoms with E-state index in [1.54, 1.807) is 11.9 Å². The molecule has 0 radical (unpaired) electrons. The number of carbonyl (C=O) groups excluding carboxylic acids is 1. The van der Waals surface area contributed by atoms with Gasteiger partial charge in [0, 0.05) is 13.6 Å². The summed E-state index contributed by atoms with van der Waals surface area (Å²) in [6, 6.07) is 9.40. The lowest BCUT2D eigenvalue weighted by Crippen LogP contribution is -2.42. The highest BCUT2D eigenvalue weighted by molar-refractivity contribution is 5.81. The molecule has 0 fully saturated rings. The lowest BCUT2D eigenvalue weighted by molar-refractivity contribution is -0.131. The third-order valence-corrected chi connectivity index (χ3v) is 2.97. The average Bonchev–Trinajstić information content (AvgIpc) is 2.46. The van der Waals surface area contributed by atoms with E-state index >= 15 is 0 Å². The van der Waals surface area contributed by atoms with Crippen LogP contribution in [0.25, 0.3) is 0 Å². The molecule has 3 heteroatoms. The zero-order chi connectivity index (χ0) is 14.7. The molecule has 3 nitrogen and oxygen atoms in total. The molecule has 0 aliphatic heterocycles. The van der Waals surface area contributed by atoms with Crippen molar-refractivity contribution in [3.63, 3.8) is 0 Å². The largest absolute Gasteiger partial charge is 0.345 e. The van der Waals surface area contributed by atoms with Crippen molar-refractivity contribution in [3.8, 4) is 0 Å². The molecular weight excluding hydrogens is 236 g/mol. The van der Waals surface area contributed by atoms with Crippen molar-refractivity contribution >= 4 is 5.91 Å². The molecule has 0 bridgehead atoms. The first-order valence-corrected chi connectivity index (χ1v) is 7.11. The van der Waals surface area contributed by atoms with Crippen molar-refractivity contribution in [1.82, 2.24) is 4.90 Å². The molecule has 0 aliphatic carbocycles. The number of rotatable bonds is 5. The van der Waals surface area contributed by atoms with Crippen LogP contribution in [0.5, 0.6) is 0 Å².